The van der Waals surface area contributed by atoms with Crippen LogP contribution < -0.4 is 5.32 Å². The first-order chi connectivity index (χ1) is 11.8. The number of carboxylic acids is 2. The number of Topliss-reactive ketones (excluding diaryl/α,β-unsaturated/α-hetero) is 1. The lowest BCUT2D eigenvalue weighted by atomic mass is 10.2. The number of aliphatic carboxylic acids is 2. The number of nitrogens with zero attached hydrogens (tertiary/aromatic N) is 2. The molecule has 2 amide bonds. The van der Waals surface area contributed by atoms with E-state index in [9.17, 15) is 9.59 Å². The molecule has 1 aromatic rings. The van der Waals surface area contributed by atoms with Crippen LogP contribution in [0.15, 0.2) is 22.8 Å². The zero-order valence-electron chi connectivity index (χ0n) is 13.8. The maximum absolute atomic E-state index is 11.9. The van der Waals surface area contributed by atoms with E-state index >= 15 is 0 Å². The zero-order valence-corrected chi connectivity index (χ0v) is 13.8. The number of piperazine rings is 1. The predicted octanol–water partition coefficient (Wildman–Crippen LogP) is -0.0350. The molecule has 0 saturated carbocycles. The average molecular weight is 355 g/mol. The van der Waals surface area contributed by atoms with Crippen LogP contribution in [-0.2, 0) is 9.59 Å². The average Bonchev–Trinajstić information content (AvgIpc) is 3.11. The van der Waals surface area contributed by atoms with Gasteiger partial charge in [0.05, 0.1) is 12.8 Å². The fraction of sp³-hybridized carbons (Fsp3) is 0.467. The van der Waals surface area contributed by atoms with E-state index in [-0.39, 0.29) is 11.8 Å². The molecule has 1 fully saturated rings. The first-order valence-electron chi connectivity index (χ1n) is 7.63. The Bertz CT molecular complexity index is 580. The molecule has 0 atom stereocenters. The van der Waals surface area contributed by atoms with Crippen LogP contribution in [0.4, 0.5) is 4.79 Å². The molecule has 1 aromatic heterocycles. The summed E-state index contributed by atoms with van der Waals surface area (Å²) in [5.74, 6) is -3.27. The summed E-state index contributed by atoms with van der Waals surface area (Å²) in [5.41, 5.74) is 0. The molecule has 0 bridgehead atoms. The molecule has 3 N–H and O–H groups in total. The van der Waals surface area contributed by atoms with Crippen molar-refractivity contribution in [3.63, 3.8) is 0 Å². The molecule has 0 spiro atoms. The number of amides is 2. The minimum atomic E-state index is -1.82. The molecule has 2 rings (SSSR count). The number of carboxylic acid groups (broad SMARTS) is 2. The third kappa shape index (κ3) is 7.04. The molecule has 10 heteroatoms. The number of urea groups is 1. The van der Waals surface area contributed by atoms with Crippen molar-refractivity contribution in [1.29, 1.82) is 0 Å². The van der Waals surface area contributed by atoms with E-state index in [1.54, 1.807) is 17.0 Å². The Morgan fingerprint density at radius 3 is 2.16 bits per heavy atom. The van der Waals surface area contributed by atoms with Crippen molar-refractivity contribution in [2.24, 2.45) is 0 Å². The highest BCUT2D eigenvalue weighted by atomic mass is 16.4. The van der Waals surface area contributed by atoms with Gasteiger partial charge in [-0.25, -0.2) is 14.4 Å². The van der Waals surface area contributed by atoms with E-state index in [2.05, 4.69) is 5.32 Å². The van der Waals surface area contributed by atoms with Crippen LogP contribution in [-0.4, -0.2) is 83.0 Å². The fourth-order valence-corrected chi connectivity index (χ4v) is 2.09. The number of furan rings is 1. The van der Waals surface area contributed by atoms with Gasteiger partial charge in [0.2, 0.25) is 5.78 Å². The number of ketones is 1. The highest BCUT2D eigenvalue weighted by molar-refractivity contribution is 6.27. The smallest absolute Gasteiger partial charge is 0.414 e. The SMILES string of the molecule is CCNC(=O)N1CCN(CC(=O)c2ccco2)CC1.O=C(O)C(=O)O. The van der Waals surface area contributed by atoms with E-state index in [1.807, 2.05) is 11.8 Å². The first-order valence-corrected chi connectivity index (χ1v) is 7.63. The van der Waals surface area contributed by atoms with Gasteiger partial charge < -0.3 is 24.8 Å². The maximum Gasteiger partial charge on any atom is 0.414 e. The molecule has 10 nitrogen and oxygen atoms in total. The fourth-order valence-electron chi connectivity index (χ4n) is 2.09. The van der Waals surface area contributed by atoms with Gasteiger partial charge in [-0.15, -0.1) is 0 Å². The Morgan fingerprint density at radius 1 is 1.12 bits per heavy atom. The second-order valence-electron chi connectivity index (χ2n) is 5.11. The third-order valence-electron chi connectivity index (χ3n) is 3.33. The summed E-state index contributed by atoms with van der Waals surface area (Å²) in [7, 11) is 0. The van der Waals surface area contributed by atoms with E-state index in [1.165, 1.54) is 6.26 Å². The van der Waals surface area contributed by atoms with E-state index in [0.717, 1.165) is 0 Å². The number of carbonyl (C=O) groups is 4. The molecule has 2 heterocycles. The molecule has 0 unspecified atom stereocenters. The van der Waals surface area contributed by atoms with Crippen LogP contribution in [0.1, 0.15) is 17.5 Å². The van der Waals surface area contributed by atoms with Crippen molar-refractivity contribution in [3.05, 3.63) is 24.2 Å². The van der Waals surface area contributed by atoms with Gasteiger partial charge in [0, 0.05) is 32.7 Å². The Kier molecular flexibility index (Phi) is 8.13. The van der Waals surface area contributed by atoms with Gasteiger partial charge in [0.25, 0.3) is 0 Å². The van der Waals surface area contributed by atoms with Gasteiger partial charge in [-0.2, -0.15) is 0 Å². The summed E-state index contributed by atoms with van der Waals surface area (Å²) >= 11 is 0. The summed E-state index contributed by atoms with van der Waals surface area (Å²) in [6, 6.07) is 3.35. The van der Waals surface area contributed by atoms with Gasteiger partial charge in [-0.05, 0) is 19.1 Å². The third-order valence-corrected chi connectivity index (χ3v) is 3.33. The lowest BCUT2D eigenvalue weighted by molar-refractivity contribution is -0.159. The molecule has 25 heavy (non-hydrogen) atoms. The number of nitrogens with one attached hydrogen (secondary N) is 1. The lowest BCUT2D eigenvalue weighted by Crippen LogP contribution is -2.52. The summed E-state index contributed by atoms with van der Waals surface area (Å²) < 4.78 is 5.08. The van der Waals surface area contributed by atoms with Crippen molar-refractivity contribution in [3.8, 4) is 0 Å². The Hall–Kier alpha value is -2.88. The van der Waals surface area contributed by atoms with E-state index < -0.39 is 11.9 Å². The van der Waals surface area contributed by atoms with Crippen LogP contribution in [0, 0.1) is 0 Å². The molecule has 1 aliphatic heterocycles. The van der Waals surface area contributed by atoms with Gasteiger partial charge in [0.15, 0.2) is 5.76 Å². The highest BCUT2D eigenvalue weighted by Crippen LogP contribution is 2.06. The normalized spacial score (nSPS) is 14.2. The second-order valence-corrected chi connectivity index (χ2v) is 5.11. The minimum absolute atomic E-state index is 0.0172. The highest BCUT2D eigenvalue weighted by Gasteiger charge is 2.22. The summed E-state index contributed by atoms with van der Waals surface area (Å²) in [4.78, 5) is 45.5. The van der Waals surface area contributed by atoms with Gasteiger partial charge >= 0.3 is 18.0 Å². The molecular weight excluding hydrogens is 334 g/mol. The molecule has 0 aliphatic carbocycles. The number of carbonyl (C=O) groups excluding carboxylic acids is 2. The Balaban J connectivity index is 0.000000450. The van der Waals surface area contributed by atoms with Crippen molar-refractivity contribution < 1.29 is 33.8 Å². The first kappa shape index (κ1) is 20.2. The molecule has 0 radical (unpaired) electrons. The topological polar surface area (TPSA) is 140 Å². The van der Waals surface area contributed by atoms with Crippen molar-refractivity contribution in [2.45, 2.75) is 6.92 Å². The molecule has 0 aromatic carbocycles. The standard InChI is InChI=1S/C13H19N3O3.C2H2O4/c1-2-14-13(18)16-7-5-15(6-8-16)10-11(17)12-4-3-9-19-12;3-1(4)2(5)6/h3-4,9H,2,5-8,10H2,1H3,(H,14,18);(H,3,4)(H,5,6). The minimum Gasteiger partial charge on any atom is -0.473 e. The van der Waals surface area contributed by atoms with Crippen LogP contribution >= 0.6 is 0 Å². The monoisotopic (exact) mass is 355 g/mol. The van der Waals surface area contributed by atoms with E-state index in [4.69, 9.17) is 24.2 Å². The maximum atomic E-state index is 11.9. The van der Waals surface area contributed by atoms with Crippen LogP contribution in [0.2, 0.25) is 0 Å². The van der Waals surface area contributed by atoms with Crippen LogP contribution in [0.5, 0.6) is 0 Å². The largest absolute Gasteiger partial charge is 0.473 e. The summed E-state index contributed by atoms with van der Waals surface area (Å²) in [6.07, 6.45) is 1.50. The zero-order chi connectivity index (χ0) is 18.8. The quantitative estimate of drug-likeness (QED) is 0.505. The number of rotatable bonds is 4. The second kappa shape index (κ2) is 10.1. The predicted molar refractivity (Wildman–Crippen MR) is 85.4 cm³/mol. The Morgan fingerprint density at radius 2 is 1.72 bits per heavy atom. The van der Waals surface area contributed by atoms with Crippen molar-refractivity contribution in [1.82, 2.24) is 15.1 Å². The molecule has 138 valence electrons. The van der Waals surface area contributed by atoms with Crippen molar-refractivity contribution >= 4 is 23.8 Å². The van der Waals surface area contributed by atoms with Gasteiger partial charge in [-0.3, -0.25) is 9.69 Å². The van der Waals surface area contributed by atoms with Gasteiger partial charge in [-0.1, -0.05) is 0 Å². The summed E-state index contributed by atoms with van der Waals surface area (Å²) in [5, 5.41) is 17.6. The van der Waals surface area contributed by atoms with Gasteiger partial charge in [0.1, 0.15) is 0 Å². The van der Waals surface area contributed by atoms with Crippen LogP contribution in [0.25, 0.3) is 0 Å². The van der Waals surface area contributed by atoms with Crippen LogP contribution in [0.3, 0.4) is 0 Å². The molecule has 1 saturated heterocycles. The van der Waals surface area contributed by atoms with Crippen molar-refractivity contribution in [2.75, 3.05) is 39.3 Å². The number of hydrogen-bond acceptors (Lipinski definition) is 6. The lowest BCUT2D eigenvalue weighted by Gasteiger charge is -2.34. The van der Waals surface area contributed by atoms with E-state index in [0.29, 0.717) is 45.0 Å². The molecule has 1 aliphatic rings. The Labute approximate surface area is 144 Å². The number of hydrogen-bond donors (Lipinski definition) is 3. The molecular formula is C15H21N3O7. The summed E-state index contributed by atoms with van der Waals surface area (Å²) in [6.45, 7) is 5.60.